The molecule has 29 heavy (non-hydrogen) atoms. The zero-order chi connectivity index (χ0) is 20.5. The highest BCUT2D eigenvalue weighted by Gasteiger charge is 2.48. The third kappa shape index (κ3) is 4.11. The largest absolute Gasteiger partial charge is 0.331 e. The van der Waals surface area contributed by atoms with Gasteiger partial charge in [0, 0.05) is 24.4 Å². The average Bonchev–Trinajstić information content (AvgIpc) is 3.06. The number of thioether (sulfide) groups is 1. The smallest absolute Gasteiger partial charge is 0.325 e. The van der Waals surface area contributed by atoms with Gasteiger partial charge in [-0.2, -0.15) is 0 Å². The van der Waals surface area contributed by atoms with E-state index in [-0.39, 0.29) is 5.91 Å². The number of amides is 3. The first kappa shape index (κ1) is 19.8. The van der Waals surface area contributed by atoms with E-state index in [1.807, 2.05) is 36.1 Å². The van der Waals surface area contributed by atoms with E-state index in [1.165, 1.54) is 10.5 Å². The van der Waals surface area contributed by atoms with Crippen LogP contribution in [0.25, 0.3) is 0 Å². The van der Waals surface area contributed by atoms with Gasteiger partial charge in [0.2, 0.25) is 0 Å². The number of amidine groups is 1. The van der Waals surface area contributed by atoms with Crippen LogP contribution in [0.2, 0.25) is 5.02 Å². The van der Waals surface area contributed by atoms with Crippen molar-refractivity contribution in [2.75, 3.05) is 7.05 Å². The number of fused-ring (bicyclic) bond motifs is 1. The van der Waals surface area contributed by atoms with Gasteiger partial charge in [0.1, 0.15) is 0 Å². The van der Waals surface area contributed by atoms with Gasteiger partial charge in [0.05, 0.1) is 0 Å². The van der Waals surface area contributed by atoms with Crippen LogP contribution >= 0.6 is 23.4 Å². The van der Waals surface area contributed by atoms with Crippen molar-refractivity contribution in [3.63, 3.8) is 0 Å². The van der Waals surface area contributed by atoms with Gasteiger partial charge in [0.25, 0.3) is 5.91 Å². The summed E-state index contributed by atoms with van der Waals surface area (Å²) in [4.78, 5) is 32.9. The van der Waals surface area contributed by atoms with E-state index in [2.05, 4.69) is 29.6 Å². The highest BCUT2D eigenvalue weighted by Crippen LogP contribution is 2.31. The number of halogens is 1. The Morgan fingerprint density at radius 3 is 2.41 bits per heavy atom. The Hall–Kier alpha value is -2.51. The van der Waals surface area contributed by atoms with Gasteiger partial charge >= 0.3 is 6.03 Å². The normalized spacial score (nSPS) is 21.1. The lowest BCUT2D eigenvalue weighted by Gasteiger charge is -2.36. The molecule has 150 valence electrons. The Balaban J connectivity index is 1.59. The van der Waals surface area contributed by atoms with Gasteiger partial charge in [-0.05, 0) is 30.2 Å². The molecule has 0 radical (unpaired) electrons. The molecule has 0 spiro atoms. The zero-order valence-electron chi connectivity index (χ0n) is 16.1. The fourth-order valence-electron chi connectivity index (χ4n) is 3.41. The zero-order valence-corrected chi connectivity index (χ0v) is 17.7. The van der Waals surface area contributed by atoms with Gasteiger partial charge in [-0.3, -0.25) is 10.1 Å². The van der Waals surface area contributed by atoms with E-state index < -0.39 is 18.2 Å². The van der Waals surface area contributed by atoms with Gasteiger partial charge in [-0.1, -0.05) is 65.3 Å². The quantitative estimate of drug-likeness (QED) is 0.807. The van der Waals surface area contributed by atoms with Crippen molar-refractivity contribution < 1.29 is 9.59 Å². The summed E-state index contributed by atoms with van der Waals surface area (Å²) in [5, 5.41) is 3.89. The topological polar surface area (TPSA) is 65.0 Å². The fourth-order valence-corrected chi connectivity index (χ4v) is 4.55. The Kier molecular flexibility index (Phi) is 5.52. The molecule has 1 saturated heterocycles. The lowest BCUT2D eigenvalue weighted by atomic mass is 10.1. The van der Waals surface area contributed by atoms with Crippen molar-refractivity contribution in [3.05, 3.63) is 70.2 Å². The molecule has 2 aromatic carbocycles. The van der Waals surface area contributed by atoms with E-state index in [0.29, 0.717) is 17.3 Å². The SMILES string of the molecule is Cc1ccc(CN2C(SCc3ccc(Cl)cc3)=NC3C2C(=O)NC(=O)N3C)cc1. The summed E-state index contributed by atoms with van der Waals surface area (Å²) in [6.07, 6.45) is -0.519. The summed E-state index contributed by atoms with van der Waals surface area (Å²) < 4.78 is 0. The maximum atomic E-state index is 12.6. The second kappa shape index (κ2) is 8.08. The summed E-state index contributed by atoms with van der Waals surface area (Å²) in [5.74, 6) is 0.384. The molecule has 2 aliphatic rings. The maximum Gasteiger partial charge on any atom is 0.325 e. The molecule has 2 aromatic rings. The fraction of sp³-hybridized carbons (Fsp3) is 0.286. The number of carbonyl (C=O) groups excluding carboxylic acids is 2. The summed E-state index contributed by atoms with van der Waals surface area (Å²) in [7, 11) is 1.67. The molecule has 1 N–H and O–H groups in total. The number of urea groups is 1. The van der Waals surface area contributed by atoms with Crippen LogP contribution in [-0.2, 0) is 17.1 Å². The van der Waals surface area contributed by atoms with Crippen LogP contribution in [0.5, 0.6) is 0 Å². The first-order chi connectivity index (χ1) is 13.9. The van der Waals surface area contributed by atoms with E-state index in [0.717, 1.165) is 16.3 Å². The lowest BCUT2D eigenvalue weighted by Crippen LogP contribution is -2.63. The molecule has 0 aromatic heterocycles. The van der Waals surface area contributed by atoms with Crippen LogP contribution < -0.4 is 5.32 Å². The number of likely N-dealkylation sites (N-methyl/N-ethyl adjacent to an activating group) is 1. The minimum absolute atomic E-state index is 0.309. The number of aryl methyl sites for hydroxylation is 1. The molecule has 2 atom stereocenters. The number of nitrogens with zero attached hydrogens (tertiary/aromatic N) is 3. The van der Waals surface area contributed by atoms with Crippen LogP contribution in [0.3, 0.4) is 0 Å². The number of nitrogens with one attached hydrogen (secondary N) is 1. The van der Waals surface area contributed by atoms with Crippen molar-refractivity contribution in [1.29, 1.82) is 0 Å². The van der Waals surface area contributed by atoms with E-state index in [1.54, 1.807) is 18.8 Å². The Morgan fingerprint density at radius 2 is 1.72 bits per heavy atom. The number of hydrogen-bond donors (Lipinski definition) is 1. The molecule has 2 aliphatic heterocycles. The van der Waals surface area contributed by atoms with E-state index in [9.17, 15) is 9.59 Å². The average molecular weight is 429 g/mol. The number of rotatable bonds is 4. The minimum atomic E-state index is -0.535. The third-order valence-corrected chi connectivity index (χ3v) is 6.40. The third-order valence-electron chi connectivity index (χ3n) is 5.08. The molecule has 3 amide bonds. The van der Waals surface area contributed by atoms with Gasteiger partial charge in [0.15, 0.2) is 17.4 Å². The monoisotopic (exact) mass is 428 g/mol. The van der Waals surface area contributed by atoms with Crippen molar-refractivity contribution in [3.8, 4) is 0 Å². The number of hydrogen-bond acceptors (Lipinski definition) is 5. The first-order valence-corrected chi connectivity index (χ1v) is 10.6. The predicted molar refractivity (Wildman–Crippen MR) is 116 cm³/mol. The van der Waals surface area contributed by atoms with Crippen LogP contribution in [0, 0.1) is 6.92 Å². The summed E-state index contributed by atoms with van der Waals surface area (Å²) in [5.41, 5.74) is 3.38. The second-order valence-electron chi connectivity index (χ2n) is 7.20. The summed E-state index contributed by atoms with van der Waals surface area (Å²) in [6, 6.07) is 14.9. The van der Waals surface area contributed by atoms with Crippen molar-refractivity contribution in [1.82, 2.24) is 15.1 Å². The summed E-state index contributed by atoms with van der Waals surface area (Å²) in [6.45, 7) is 2.59. The Bertz CT molecular complexity index is 962. The van der Waals surface area contributed by atoms with Crippen LogP contribution in [-0.4, -0.2) is 46.2 Å². The number of imide groups is 1. The molecule has 0 bridgehead atoms. The number of carbonyl (C=O) groups is 2. The van der Waals surface area contributed by atoms with Crippen LogP contribution in [0.15, 0.2) is 53.5 Å². The molecular weight excluding hydrogens is 408 g/mol. The molecule has 2 heterocycles. The molecule has 0 saturated carbocycles. The van der Waals surface area contributed by atoms with Gasteiger partial charge in [-0.15, -0.1) is 0 Å². The number of aliphatic imine (C=N–C) groups is 1. The Labute approximate surface area is 178 Å². The van der Waals surface area contributed by atoms with Gasteiger partial charge < -0.3 is 9.80 Å². The highest BCUT2D eigenvalue weighted by atomic mass is 35.5. The maximum absolute atomic E-state index is 12.6. The van der Waals surface area contributed by atoms with Crippen molar-refractivity contribution in [2.24, 2.45) is 4.99 Å². The van der Waals surface area contributed by atoms with Crippen molar-refractivity contribution in [2.45, 2.75) is 31.4 Å². The lowest BCUT2D eigenvalue weighted by molar-refractivity contribution is -0.127. The molecule has 4 rings (SSSR count). The van der Waals surface area contributed by atoms with E-state index in [4.69, 9.17) is 16.6 Å². The van der Waals surface area contributed by atoms with Crippen LogP contribution in [0.4, 0.5) is 4.79 Å². The minimum Gasteiger partial charge on any atom is -0.331 e. The standard InChI is InChI=1S/C21H21ClN4O2S/c1-13-3-5-14(6-4-13)11-26-17-18(25(2)20(28)24-19(17)27)23-21(26)29-12-15-7-9-16(22)10-8-15/h3-10,17-18H,11-12H2,1-2H3,(H,24,27,28). The second-order valence-corrected chi connectivity index (χ2v) is 8.58. The highest BCUT2D eigenvalue weighted by molar-refractivity contribution is 8.13. The predicted octanol–water partition coefficient (Wildman–Crippen LogP) is 3.63. The number of benzene rings is 2. The molecular formula is C21H21ClN4O2S. The van der Waals surface area contributed by atoms with E-state index >= 15 is 0 Å². The molecule has 6 nitrogen and oxygen atoms in total. The first-order valence-electron chi connectivity index (χ1n) is 9.27. The molecule has 0 aliphatic carbocycles. The molecule has 2 unspecified atom stereocenters. The Morgan fingerprint density at radius 1 is 1.07 bits per heavy atom. The van der Waals surface area contributed by atoms with Crippen molar-refractivity contribution >= 4 is 40.5 Å². The van der Waals surface area contributed by atoms with Crippen LogP contribution in [0.1, 0.15) is 16.7 Å². The van der Waals surface area contributed by atoms with Gasteiger partial charge in [-0.25, -0.2) is 9.79 Å². The molecule has 1 fully saturated rings. The summed E-state index contributed by atoms with van der Waals surface area (Å²) >= 11 is 7.53. The molecule has 8 heteroatoms.